The van der Waals surface area contributed by atoms with Crippen LogP contribution in [0.25, 0.3) is 0 Å². The first-order chi connectivity index (χ1) is 12.3. The summed E-state index contributed by atoms with van der Waals surface area (Å²) in [5, 5.41) is 9.26. The van der Waals surface area contributed by atoms with E-state index >= 15 is 0 Å². The first-order valence-corrected chi connectivity index (χ1v) is 9.73. The number of hydrogen-bond acceptors (Lipinski definition) is 2. The van der Waals surface area contributed by atoms with Gasteiger partial charge in [-0.05, 0) is 32.3 Å². The molecule has 0 aromatic rings. The van der Waals surface area contributed by atoms with Crippen LogP contribution in [0.15, 0.2) is 24.1 Å². The summed E-state index contributed by atoms with van der Waals surface area (Å²) >= 11 is 6.41. The molecule has 3 aliphatic rings. The number of halogens is 2. The number of carbonyl (C=O) groups excluding carboxylic acids is 1. The van der Waals surface area contributed by atoms with E-state index in [2.05, 4.69) is 0 Å². The van der Waals surface area contributed by atoms with Crippen LogP contribution in [0.3, 0.4) is 0 Å². The molecule has 1 heterocycles. The number of amides is 2. The Morgan fingerprint density at radius 2 is 1.96 bits per heavy atom. The van der Waals surface area contributed by atoms with Crippen LogP contribution in [-0.2, 0) is 4.79 Å². The highest BCUT2D eigenvalue weighted by Gasteiger charge is 2.46. The molecule has 7 heteroatoms. The second-order valence-corrected chi connectivity index (χ2v) is 8.45. The van der Waals surface area contributed by atoms with E-state index in [0.717, 1.165) is 32.1 Å². The highest BCUT2D eigenvalue weighted by molar-refractivity contribution is 6.27. The molecular weight excluding hydrogens is 359 g/mol. The minimum Gasteiger partial charge on any atom is -0.465 e. The molecule has 3 atom stereocenters. The van der Waals surface area contributed by atoms with Gasteiger partial charge in [0.05, 0.1) is 12.0 Å². The van der Waals surface area contributed by atoms with Crippen molar-refractivity contribution in [3.8, 4) is 0 Å². The third kappa shape index (κ3) is 3.61. The van der Waals surface area contributed by atoms with Gasteiger partial charge >= 0.3 is 6.09 Å². The lowest BCUT2D eigenvalue weighted by Gasteiger charge is -2.42. The Balaban J connectivity index is 1.86. The van der Waals surface area contributed by atoms with Gasteiger partial charge in [0.15, 0.2) is 0 Å². The number of nitrogens with zero attached hydrogens (tertiary/aromatic N) is 2. The summed E-state index contributed by atoms with van der Waals surface area (Å²) in [7, 11) is 0. The zero-order valence-electron chi connectivity index (χ0n) is 15.0. The van der Waals surface area contributed by atoms with Crippen molar-refractivity contribution in [2.24, 2.45) is 5.92 Å². The van der Waals surface area contributed by atoms with Crippen LogP contribution >= 0.6 is 11.6 Å². The molecule has 144 valence electrons. The highest BCUT2D eigenvalue weighted by atomic mass is 35.5. The minimum atomic E-state index is -1.40. The molecule has 0 spiro atoms. The molecule has 1 saturated carbocycles. The number of alkyl halides is 1. The summed E-state index contributed by atoms with van der Waals surface area (Å²) in [4.78, 5) is 26.5. The summed E-state index contributed by atoms with van der Waals surface area (Å²) in [6.07, 6.45) is 9.22. The fourth-order valence-corrected chi connectivity index (χ4v) is 4.61. The molecule has 1 saturated heterocycles. The van der Waals surface area contributed by atoms with Crippen molar-refractivity contribution in [3.63, 3.8) is 0 Å². The van der Waals surface area contributed by atoms with Gasteiger partial charge in [0, 0.05) is 19.1 Å². The quantitative estimate of drug-likeness (QED) is 0.750. The lowest BCUT2D eigenvalue weighted by atomic mass is 9.84. The van der Waals surface area contributed by atoms with Crippen LogP contribution < -0.4 is 0 Å². The fraction of sp³-hybridized carbons (Fsp3) is 0.684. The van der Waals surface area contributed by atoms with E-state index in [1.54, 1.807) is 12.2 Å². The van der Waals surface area contributed by atoms with Crippen molar-refractivity contribution >= 4 is 23.6 Å². The van der Waals surface area contributed by atoms with E-state index in [0.29, 0.717) is 19.5 Å². The largest absolute Gasteiger partial charge is 0.465 e. The SMILES string of the molecule is CC1(Cl)C(F)=CC=CC1C(=O)N(C1CCCCC1)[C@H]1CCN(C(=O)O)C1. The van der Waals surface area contributed by atoms with E-state index in [-0.39, 0.29) is 18.0 Å². The van der Waals surface area contributed by atoms with Crippen molar-refractivity contribution in [2.45, 2.75) is 62.4 Å². The lowest BCUT2D eigenvalue weighted by Crippen LogP contribution is -2.54. The van der Waals surface area contributed by atoms with Gasteiger partial charge in [-0.1, -0.05) is 31.4 Å². The van der Waals surface area contributed by atoms with E-state index in [4.69, 9.17) is 11.6 Å². The average molecular weight is 385 g/mol. The maximum atomic E-state index is 14.2. The Labute approximate surface area is 158 Å². The van der Waals surface area contributed by atoms with Gasteiger partial charge in [0.25, 0.3) is 0 Å². The van der Waals surface area contributed by atoms with Gasteiger partial charge in [-0.2, -0.15) is 0 Å². The van der Waals surface area contributed by atoms with Gasteiger partial charge in [0.2, 0.25) is 5.91 Å². The molecule has 0 bridgehead atoms. The third-order valence-corrected chi connectivity index (χ3v) is 6.33. The molecule has 26 heavy (non-hydrogen) atoms. The average Bonchev–Trinajstić information content (AvgIpc) is 3.08. The highest BCUT2D eigenvalue weighted by Crippen LogP contribution is 2.40. The molecule has 0 radical (unpaired) electrons. The van der Waals surface area contributed by atoms with E-state index in [1.807, 2.05) is 4.90 Å². The predicted molar refractivity (Wildman–Crippen MR) is 97.8 cm³/mol. The van der Waals surface area contributed by atoms with Crippen molar-refractivity contribution < 1.29 is 19.1 Å². The molecule has 2 fully saturated rings. The summed E-state index contributed by atoms with van der Waals surface area (Å²) in [5.74, 6) is -1.48. The number of carboxylic acid groups (broad SMARTS) is 1. The van der Waals surface area contributed by atoms with Crippen molar-refractivity contribution in [1.82, 2.24) is 9.80 Å². The number of likely N-dealkylation sites (tertiary alicyclic amines) is 1. The monoisotopic (exact) mass is 384 g/mol. The standard InChI is InChI=1S/C19H26ClFN2O3/c1-19(20)15(8-5-9-16(19)21)17(24)23(13-6-3-2-4-7-13)14-10-11-22(12-14)18(25)26/h5,8-9,13-15H,2-4,6-7,10-12H2,1H3,(H,25,26)/t14-,15?,19?/m0/s1. The molecule has 1 N–H and O–H groups in total. The van der Waals surface area contributed by atoms with Crippen molar-refractivity contribution in [1.29, 1.82) is 0 Å². The van der Waals surface area contributed by atoms with E-state index in [1.165, 1.54) is 17.9 Å². The maximum Gasteiger partial charge on any atom is 0.407 e. The lowest BCUT2D eigenvalue weighted by molar-refractivity contribution is -0.140. The summed E-state index contributed by atoms with van der Waals surface area (Å²) in [5.41, 5.74) is 0. The zero-order chi connectivity index (χ0) is 18.9. The van der Waals surface area contributed by atoms with Crippen LogP contribution in [0.4, 0.5) is 9.18 Å². The predicted octanol–water partition coefficient (Wildman–Crippen LogP) is 3.94. The van der Waals surface area contributed by atoms with Crippen LogP contribution in [0.1, 0.15) is 45.4 Å². The van der Waals surface area contributed by atoms with Crippen LogP contribution in [0.2, 0.25) is 0 Å². The molecule has 3 rings (SSSR count). The van der Waals surface area contributed by atoms with Crippen molar-refractivity contribution in [3.05, 3.63) is 24.1 Å². The smallest absolute Gasteiger partial charge is 0.407 e. The normalized spacial score (nSPS) is 32.4. The van der Waals surface area contributed by atoms with Crippen LogP contribution in [0, 0.1) is 5.92 Å². The molecule has 2 aliphatic carbocycles. The molecule has 2 unspecified atom stereocenters. The van der Waals surface area contributed by atoms with Crippen molar-refractivity contribution in [2.75, 3.05) is 13.1 Å². The Morgan fingerprint density at radius 1 is 1.27 bits per heavy atom. The molecular formula is C19H26ClFN2O3. The summed E-state index contributed by atoms with van der Waals surface area (Å²) in [6.45, 7) is 2.26. The fourth-order valence-electron chi connectivity index (χ4n) is 4.38. The topological polar surface area (TPSA) is 60.9 Å². The Kier molecular flexibility index (Phi) is 5.61. The number of rotatable bonds is 3. The van der Waals surface area contributed by atoms with Gasteiger partial charge in [0.1, 0.15) is 10.7 Å². The first kappa shape index (κ1) is 19.2. The first-order valence-electron chi connectivity index (χ1n) is 9.35. The minimum absolute atomic E-state index is 0.0739. The molecule has 5 nitrogen and oxygen atoms in total. The van der Waals surface area contributed by atoms with Gasteiger partial charge in [-0.15, -0.1) is 11.6 Å². The molecule has 1 aliphatic heterocycles. The molecule has 0 aromatic heterocycles. The Hall–Kier alpha value is -1.56. The van der Waals surface area contributed by atoms with E-state index < -0.39 is 22.7 Å². The number of allylic oxidation sites excluding steroid dienone is 3. The van der Waals surface area contributed by atoms with Gasteiger partial charge < -0.3 is 14.9 Å². The van der Waals surface area contributed by atoms with E-state index in [9.17, 15) is 19.1 Å². The van der Waals surface area contributed by atoms with Crippen LogP contribution in [0.5, 0.6) is 0 Å². The maximum absolute atomic E-state index is 14.2. The second-order valence-electron chi connectivity index (χ2n) is 7.66. The molecule has 0 aromatic carbocycles. The zero-order valence-corrected chi connectivity index (χ0v) is 15.8. The van der Waals surface area contributed by atoms with Gasteiger partial charge in [-0.3, -0.25) is 4.79 Å². The Morgan fingerprint density at radius 3 is 2.58 bits per heavy atom. The number of hydrogen-bond donors (Lipinski definition) is 1. The van der Waals surface area contributed by atoms with Crippen LogP contribution in [-0.4, -0.2) is 57.0 Å². The summed E-state index contributed by atoms with van der Waals surface area (Å²) < 4.78 is 14.2. The molecule has 2 amide bonds. The number of carbonyl (C=O) groups is 2. The van der Waals surface area contributed by atoms with Gasteiger partial charge in [-0.25, -0.2) is 9.18 Å². The Bertz CT molecular complexity index is 628. The third-order valence-electron chi connectivity index (χ3n) is 5.91. The summed E-state index contributed by atoms with van der Waals surface area (Å²) in [6, 6.07) is -0.0960. The second kappa shape index (κ2) is 7.59.